The zero-order valence-electron chi connectivity index (χ0n) is 15.2. The van der Waals surface area contributed by atoms with E-state index in [4.69, 9.17) is 16.3 Å². The number of nitro benzene ring substituents is 1. The topological polar surface area (TPSA) is 123 Å². The standard InChI is InChI=1S/C18H16ClN5O4/c1-9-14(11-5-4-6-20-8-11)23-18(21-9)12-7-13(19)15(22-10(2)25)16(24(26)27)17(12)28-3/h4-8H,1-3H3,(H,21,23)(H,22,25). The van der Waals surface area contributed by atoms with Crippen LogP contribution in [0.25, 0.3) is 22.6 Å². The van der Waals surface area contributed by atoms with Crippen LogP contribution in [0.1, 0.15) is 12.6 Å². The third-order valence-electron chi connectivity index (χ3n) is 3.97. The number of amides is 1. The molecule has 1 amide bonds. The highest BCUT2D eigenvalue weighted by atomic mass is 35.5. The fourth-order valence-corrected chi connectivity index (χ4v) is 3.09. The number of aromatic amines is 1. The lowest BCUT2D eigenvalue weighted by atomic mass is 10.1. The molecule has 0 saturated heterocycles. The average molecular weight is 402 g/mol. The van der Waals surface area contributed by atoms with Gasteiger partial charge in [-0.05, 0) is 25.1 Å². The number of aromatic nitrogens is 3. The molecule has 0 aliphatic heterocycles. The summed E-state index contributed by atoms with van der Waals surface area (Å²) in [5.74, 6) is -0.218. The second kappa shape index (κ2) is 7.65. The molecule has 0 aliphatic rings. The second-order valence-electron chi connectivity index (χ2n) is 5.90. The van der Waals surface area contributed by atoms with Crippen LogP contribution in [0, 0.1) is 17.0 Å². The molecule has 144 valence electrons. The number of H-pyrrole nitrogens is 1. The zero-order chi connectivity index (χ0) is 20.4. The van der Waals surface area contributed by atoms with Gasteiger partial charge in [0.2, 0.25) is 11.7 Å². The summed E-state index contributed by atoms with van der Waals surface area (Å²) in [6, 6.07) is 5.10. The fraction of sp³-hybridized carbons (Fsp3) is 0.167. The van der Waals surface area contributed by atoms with E-state index in [1.54, 1.807) is 18.5 Å². The molecule has 3 rings (SSSR count). The molecule has 0 aliphatic carbocycles. The highest BCUT2D eigenvalue weighted by molar-refractivity contribution is 6.35. The van der Waals surface area contributed by atoms with Crippen LogP contribution in [0.3, 0.4) is 0 Å². The van der Waals surface area contributed by atoms with Crippen LogP contribution in [0.15, 0.2) is 30.6 Å². The third kappa shape index (κ3) is 3.52. The second-order valence-corrected chi connectivity index (χ2v) is 6.31. The number of methoxy groups -OCH3 is 1. The smallest absolute Gasteiger partial charge is 0.336 e. The number of hydrogen-bond acceptors (Lipinski definition) is 6. The van der Waals surface area contributed by atoms with Crippen molar-refractivity contribution in [1.82, 2.24) is 15.0 Å². The Hall–Kier alpha value is -3.46. The van der Waals surface area contributed by atoms with Gasteiger partial charge in [-0.25, -0.2) is 4.98 Å². The Kier molecular flexibility index (Phi) is 5.27. The number of pyridine rings is 1. The van der Waals surface area contributed by atoms with Crippen molar-refractivity contribution in [1.29, 1.82) is 0 Å². The molecule has 2 heterocycles. The van der Waals surface area contributed by atoms with Gasteiger partial charge >= 0.3 is 5.69 Å². The Balaban J connectivity index is 2.23. The molecular weight excluding hydrogens is 386 g/mol. The van der Waals surface area contributed by atoms with Crippen LogP contribution in [0.4, 0.5) is 11.4 Å². The quantitative estimate of drug-likeness (QED) is 0.492. The van der Waals surface area contributed by atoms with Gasteiger partial charge in [-0.2, -0.15) is 0 Å². The largest absolute Gasteiger partial charge is 0.490 e. The summed E-state index contributed by atoms with van der Waals surface area (Å²) in [5.41, 5.74) is 1.90. The van der Waals surface area contributed by atoms with Crippen LogP contribution in [0.5, 0.6) is 5.75 Å². The summed E-state index contributed by atoms with van der Waals surface area (Å²) in [5, 5.41) is 14.1. The zero-order valence-corrected chi connectivity index (χ0v) is 16.0. The van der Waals surface area contributed by atoms with Crippen molar-refractivity contribution in [2.45, 2.75) is 13.8 Å². The average Bonchev–Trinajstić information content (AvgIpc) is 3.04. The summed E-state index contributed by atoms with van der Waals surface area (Å²) in [6.45, 7) is 3.06. The number of carbonyl (C=O) groups is 1. The SMILES string of the molecule is COc1c(-c2nc(-c3cccnc3)c(C)[nH]2)cc(Cl)c(NC(C)=O)c1[N+](=O)[O-]. The maximum Gasteiger partial charge on any atom is 0.336 e. The molecule has 2 N–H and O–H groups in total. The molecule has 0 unspecified atom stereocenters. The first-order chi connectivity index (χ1) is 13.3. The van der Waals surface area contributed by atoms with Gasteiger partial charge in [0.05, 0.1) is 28.3 Å². The van der Waals surface area contributed by atoms with Crippen LogP contribution < -0.4 is 10.1 Å². The van der Waals surface area contributed by atoms with Gasteiger partial charge < -0.3 is 15.0 Å². The van der Waals surface area contributed by atoms with E-state index in [0.717, 1.165) is 11.3 Å². The minimum atomic E-state index is -0.655. The van der Waals surface area contributed by atoms with Crippen molar-refractivity contribution < 1.29 is 14.5 Å². The van der Waals surface area contributed by atoms with Crippen LogP contribution >= 0.6 is 11.6 Å². The third-order valence-corrected chi connectivity index (χ3v) is 4.27. The molecule has 28 heavy (non-hydrogen) atoms. The van der Waals surface area contributed by atoms with E-state index >= 15 is 0 Å². The lowest BCUT2D eigenvalue weighted by Gasteiger charge is -2.13. The van der Waals surface area contributed by atoms with Crippen molar-refractivity contribution in [2.75, 3.05) is 12.4 Å². The number of aryl methyl sites for hydroxylation is 1. The lowest BCUT2D eigenvalue weighted by molar-refractivity contribution is -0.384. The van der Waals surface area contributed by atoms with E-state index in [2.05, 4.69) is 20.3 Å². The van der Waals surface area contributed by atoms with Crippen molar-refractivity contribution in [3.8, 4) is 28.4 Å². The first-order valence-electron chi connectivity index (χ1n) is 8.13. The number of hydrogen-bond donors (Lipinski definition) is 2. The number of halogens is 1. The van der Waals surface area contributed by atoms with E-state index < -0.39 is 16.5 Å². The molecule has 0 fully saturated rings. The Morgan fingerprint density at radius 1 is 1.43 bits per heavy atom. The number of imidazole rings is 1. The van der Waals surface area contributed by atoms with E-state index in [9.17, 15) is 14.9 Å². The van der Waals surface area contributed by atoms with E-state index in [1.807, 2.05) is 13.0 Å². The first kappa shape index (κ1) is 19.3. The molecule has 0 saturated carbocycles. The van der Waals surface area contributed by atoms with Crippen LogP contribution in [-0.2, 0) is 4.79 Å². The monoisotopic (exact) mass is 401 g/mol. The summed E-state index contributed by atoms with van der Waals surface area (Å²) in [4.78, 5) is 34.2. The Bertz CT molecular complexity index is 1070. The van der Waals surface area contributed by atoms with E-state index in [1.165, 1.54) is 20.1 Å². The van der Waals surface area contributed by atoms with Gasteiger partial charge in [-0.3, -0.25) is 19.9 Å². The van der Waals surface area contributed by atoms with Gasteiger partial charge in [0.15, 0.2) is 0 Å². The number of nitrogens with one attached hydrogen (secondary N) is 2. The molecule has 3 aromatic rings. The summed E-state index contributed by atoms with van der Waals surface area (Å²) < 4.78 is 5.30. The normalized spacial score (nSPS) is 10.6. The van der Waals surface area contributed by atoms with Crippen molar-refractivity contribution in [3.63, 3.8) is 0 Å². The van der Waals surface area contributed by atoms with Gasteiger partial charge in [0, 0.05) is 30.6 Å². The van der Waals surface area contributed by atoms with Gasteiger partial charge in [-0.1, -0.05) is 11.6 Å². The van der Waals surface area contributed by atoms with Crippen molar-refractivity contribution in [2.24, 2.45) is 0 Å². The number of carbonyl (C=O) groups excluding carboxylic acids is 1. The maximum absolute atomic E-state index is 11.7. The number of rotatable bonds is 5. The highest BCUT2D eigenvalue weighted by Gasteiger charge is 2.30. The molecule has 9 nitrogen and oxygen atoms in total. The Morgan fingerprint density at radius 2 is 2.18 bits per heavy atom. The van der Waals surface area contributed by atoms with Crippen molar-refractivity contribution in [3.05, 3.63) is 51.4 Å². The fourth-order valence-electron chi connectivity index (χ4n) is 2.84. The summed E-state index contributed by atoms with van der Waals surface area (Å²) in [6.07, 6.45) is 3.32. The number of ether oxygens (including phenoxy) is 1. The molecule has 10 heteroatoms. The first-order valence-corrected chi connectivity index (χ1v) is 8.51. The minimum absolute atomic E-state index is 0.00493. The van der Waals surface area contributed by atoms with Gasteiger partial charge in [-0.15, -0.1) is 0 Å². The summed E-state index contributed by atoms with van der Waals surface area (Å²) in [7, 11) is 1.30. The number of anilines is 1. The molecule has 1 aromatic carbocycles. The maximum atomic E-state index is 11.7. The van der Waals surface area contributed by atoms with Crippen molar-refractivity contribution >= 4 is 28.9 Å². The number of nitrogens with zero attached hydrogens (tertiary/aromatic N) is 3. The van der Waals surface area contributed by atoms with E-state index in [-0.39, 0.29) is 16.5 Å². The minimum Gasteiger partial charge on any atom is -0.490 e. The van der Waals surface area contributed by atoms with Gasteiger partial charge in [0.25, 0.3) is 0 Å². The molecule has 2 aromatic heterocycles. The predicted molar refractivity (Wildman–Crippen MR) is 105 cm³/mol. The van der Waals surface area contributed by atoms with E-state index in [0.29, 0.717) is 17.1 Å². The molecule has 0 bridgehead atoms. The predicted octanol–water partition coefficient (Wildman–Crippen LogP) is 3.98. The van der Waals surface area contributed by atoms with Gasteiger partial charge in [0.1, 0.15) is 11.5 Å². The molecule has 0 spiro atoms. The molecule has 0 atom stereocenters. The Morgan fingerprint density at radius 3 is 2.75 bits per heavy atom. The Labute approximate surface area is 164 Å². The number of nitro groups is 1. The lowest BCUT2D eigenvalue weighted by Crippen LogP contribution is -2.10. The summed E-state index contributed by atoms with van der Waals surface area (Å²) >= 11 is 6.24. The molecular formula is C18H16ClN5O4. The molecule has 0 radical (unpaired) electrons. The highest BCUT2D eigenvalue weighted by Crippen LogP contribution is 2.46. The van der Waals surface area contributed by atoms with Crippen LogP contribution in [0.2, 0.25) is 5.02 Å². The number of benzene rings is 1. The van der Waals surface area contributed by atoms with Crippen LogP contribution in [-0.4, -0.2) is 32.9 Å².